The number of ether oxygens (including phenoxy) is 1. The molecule has 7 nitrogen and oxygen atoms in total. The monoisotopic (exact) mass is 456 g/mol. The number of nitrogens with zero attached hydrogens (tertiary/aromatic N) is 1. The highest BCUT2D eigenvalue weighted by Crippen LogP contribution is 2.44. The lowest BCUT2D eigenvalue weighted by Crippen LogP contribution is -2.44. The molecule has 2 aromatic rings. The summed E-state index contributed by atoms with van der Waals surface area (Å²) >= 11 is 1.35. The molecule has 0 aromatic heterocycles. The average molecular weight is 457 g/mol. The number of nitrogens with one attached hydrogen (secondary N) is 1. The van der Waals surface area contributed by atoms with Crippen molar-refractivity contribution in [3.05, 3.63) is 59.7 Å². The van der Waals surface area contributed by atoms with Gasteiger partial charge in [0.2, 0.25) is 5.91 Å². The zero-order valence-electron chi connectivity index (χ0n) is 18.2. The van der Waals surface area contributed by atoms with E-state index in [0.717, 1.165) is 11.1 Å². The third-order valence-electron chi connectivity index (χ3n) is 5.57. The van der Waals surface area contributed by atoms with E-state index in [-0.39, 0.29) is 24.2 Å². The third-order valence-corrected chi connectivity index (χ3v) is 6.51. The van der Waals surface area contributed by atoms with Gasteiger partial charge in [-0.15, -0.1) is 0 Å². The quantitative estimate of drug-likeness (QED) is 0.531. The number of amides is 2. The number of alkyl carbamates (subject to hydrolysis) is 1. The second-order valence-electron chi connectivity index (χ2n) is 7.50. The molecule has 0 saturated carbocycles. The van der Waals surface area contributed by atoms with Crippen molar-refractivity contribution in [3.8, 4) is 11.1 Å². The Hall–Kier alpha value is -3.00. The van der Waals surface area contributed by atoms with Gasteiger partial charge in [0.15, 0.2) is 0 Å². The molecule has 0 saturated heterocycles. The van der Waals surface area contributed by atoms with E-state index < -0.39 is 18.1 Å². The number of benzene rings is 2. The highest BCUT2D eigenvalue weighted by Gasteiger charge is 2.29. The molecule has 2 amide bonds. The van der Waals surface area contributed by atoms with Gasteiger partial charge in [-0.05, 0) is 36.1 Å². The maximum atomic E-state index is 12.2. The number of carboxylic acids is 1. The van der Waals surface area contributed by atoms with Crippen molar-refractivity contribution in [2.75, 3.05) is 31.2 Å². The minimum Gasteiger partial charge on any atom is -0.480 e. The summed E-state index contributed by atoms with van der Waals surface area (Å²) in [5.74, 6) is -0.556. The number of fused-ring (bicyclic) bond motifs is 3. The average Bonchev–Trinajstić information content (AvgIpc) is 3.11. The van der Waals surface area contributed by atoms with E-state index in [4.69, 9.17) is 9.84 Å². The summed E-state index contributed by atoms with van der Waals surface area (Å²) in [6, 6.07) is 15.5. The largest absolute Gasteiger partial charge is 0.480 e. The minimum atomic E-state index is -1.03. The Morgan fingerprint density at radius 1 is 1.09 bits per heavy atom. The molecule has 32 heavy (non-hydrogen) atoms. The molecule has 0 bridgehead atoms. The van der Waals surface area contributed by atoms with Crippen LogP contribution in [0.15, 0.2) is 48.5 Å². The first-order valence-electron chi connectivity index (χ1n) is 10.6. The zero-order valence-corrected chi connectivity index (χ0v) is 19.1. The Labute approximate surface area is 192 Å². The van der Waals surface area contributed by atoms with Crippen molar-refractivity contribution in [1.82, 2.24) is 10.2 Å². The lowest BCUT2D eigenvalue weighted by molar-refractivity contribution is -0.148. The van der Waals surface area contributed by atoms with Crippen LogP contribution in [-0.2, 0) is 14.3 Å². The van der Waals surface area contributed by atoms with Crippen LogP contribution >= 0.6 is 11.8 Å². The molecule has 1 aliphatic carbocycles. The van der Waals surface area contributed by atoms with E-state index in [1.54, 1.807) is 6.92 Å². The van der Waals surface area contributed by atoms with Gasteiger partial charge >= 0.3 is 12.1 Å². The van der Waals surface area contributed by atoms with Crippen LogP contribution in [0.4, 0.5) is 4.79 Å². The molecule has 1 unspecified atom stereocenters. The second kappa shape index (κ2) is 11.0. The van der Waals surface area contributed by atoms with Gasteiger partial charge in [0.05, 0.1) is 5.75 Å². The fourth-order valence-electron chi connectivity index (χ4n) is 3.92. The van der Waals surface area contributed by atoms with Crippen LogP contribution in [0.2, 0.25) is 0 Å². The summed E-state index contributed by atoms with van der Waals surface area (Å²) in [5, 5.41) is 11.8. The fraction of sp³-hybridized carbons (Fsp3) is 0.375. The van der Waals surface area contributed by atoms with Crippen molar-refractivity contribution in [1.29, 1.82) is 0 Å². The summed E-state index contributed by atoms with van der Waals surface area (Å²) in [6.07, 6.45) is -0.492. The normalized spacial score (nSPS) is 13.1. The predicted octanol–water partition coefficient (Wildman–Crippen LogP) is 3.58. The SMILES string of the molecule is CCN(C(=O)CSCCNC(=O)OCC1c2ccccc2-c2ccccc21)C(C)C(=O)O. The Bertz CT molecular complexity index is 935. The Kier molecular flexibility index (Phi) is 8.16. The third kappa shape index (κ3) is 5.43. The molecule has 0 aliphatic heterocycles. The first-order valence-corrected chi connectivity index (χ1v) is 11.8. The van der Waals surface area contributed by atoms with Gasteiger partial charge in [-0.25, -0.2) is 9.59 Å². The van der Waals surface area contributed by atoms with Crippen LogP contribution in [0, 0.1) is 0 Å². The van der Waals surface area contributed by atoms with Gasteiger partial charge in [0.1, 0.15) is 12.6 Å². The lowest BCUT2D eigenvalue weighted by atomic mass is 9.98. The summed E-state index contributed by atoms with van der Waals surface area (Å²) in [7, 11) is 0. The Morgan fingerprint density at radius 2 is 1.69 bits per heavy atom. The molecule has 2 N–H and O–H groups in total. The van der Waals surface area contributed by atoms with E-state index in [1.165, 1.54) is 34.7 Å². The van der Waals surface area contributed by atoms with Crippen molar-refractivity contribution in [2.45, 2.75) is 25.8 Å². The van der Waals surface area contributed by atoms with Crippen molar-refractivity contribution < 1.29 is 24.2 Å². The zero-order chi connectivity index (χ0) is 23.1. The number of rotatable bonds is 10. The maximum Gasteiger partial charge on any atom is 0.407 e. The molecule has 0 heterocycles. The summed E-state index contributed by atoms with van der Waals surface area (Å²) in [5.41, 5.74) is 4.67. The molecule has 0 fully saturated rings. The van der Waals surface area contributed by atoms with Crippen LogP contribution in [0.1, 0.15) is 30.9 Å². The van der Waals surface area contributed by atoms with Gasteiger partial charge < -0.3 is 20.1 Å². The smallest absolute Gasteiger partial charge is 0.407 e. The predicted molar refractivity (Wildman–Crippen MR) is 125 cm³/mol. The van der Waals surface area contributed by atoms with Gasteiger partial charge in [-0.1, -0.05) is 48.5 Å². The minimum absolute atomic E-state index is 0.0106. The van der Waals surface area contributed by atoms with E-state index in [2.05, 4.69) is 29.6 Å². The van der Waals surface area contributed by atoms with Gasteiger partial charge in [0, 0.05) is 24.8 Å². The van der Waals surface area contributed by atoms with Gasteiger partial charge in [0.25, 0.3) is 0 Å². The van der Waals surface area contributed by atoms with Crippen LogP contribution in [0.3, 0.4) is 0 Å². The number of thioether (sulfide) groups is 1. The van der Waals surface area contributed by atoms with Gasteiger partial charge in [-0.2, -0.15) is 11.8 Å². The molecular weight excluding hydrogens is 428 g/mol. The number of carboxylic acid groups (broad SMARTS) is 1. The van der Waals surface area contributed by atoms with Crippen molar-refractivity contribution in [2.24, 2.45) is 0 Å². The standard InChI is InChI=1S/C24H28N2O5S/c1-3-26(16(2)23(28)29)22(27)15-32-13-12-25-24(30)31-14-21-19-10-6-4-8-17(19)18-9-5-7-11-20(18)21/h4-11,16,21H,3,12-15H2,1-2H3,(H,25,30)(H,28,29). The topological polar surface area (TPSA) is 95.9 Å². The summed E-state index contributed by atoms with van der Waals surface area (Å²) in [4.78, 5) is 36.8. The highest BCUT2D eigenvalue weighted by atomic mass is 32.2. The molecule has 3 rings (SSSR count). The number of aliphatic carboxylic acids is 1. The Balaban J connectivity index is 1.41. The van der Waals surface area contributed by atoms with Crippen LogP contribution in [-0.4, -0.2) is 65.2 Å². The summed E-state index contributed by atoms with van der Waals surface area (Å²) in [6.45, 7) is 4.19. The van der Waals surface area contributed by atoms with Crippen LogP contribution < -0.4 is 5.32 Å². The molecule has 0 spiro atoms. The first-order chi connectivity index (χ1) is 15.4. The first kappa shape index (κ1) is 23.7. The van der Waals surface area contributed by atoms with Gasteiger partial charge in [-0.3, -0.25) is 4.79 Å². The van der Waals surface area contributed by atoms with E-state index >= 15 is 0 Å². The number of carbonyl (C=O) groups is 3. The highest BCUT2D eigenvalue weighted by molar-refractivity contribution is 7.99. The molecule has 0 radical (unpaired) electrons. The molecule has 8 heteroatoms. The molecule has 1 aliphatic rings. The van der Waals surface area contributed by atoms with E-state index in [9.17, 15) is 14.4 Å². The molecular formula is C24H28N2O5S. The molecule has 1 atom stereocenters. The summed E-state index contributed by atoms with van der Waals surface area (Å²) < 4.78 is 5.48. The van der Waals surface area contributed by atoms with E-state index in [0.29, 0.717) is 18.8 Å². The maximum absolute atomic E-state index is 12.2. The fourth-order valence-corrected chi connectivity index (χ4v) is 4.65. The lowest BCUT2D eigenvalue weighted by Gasteiger charge is -2.24. The molecule has 2 aromatic carbocycles. The Morgan fingerprint density at radius 3 is 2.25 bits per heavy atom. The number of hydrogen-bond acceptors (Lipinski definition) is 5. The van der Waals surface area contributed by atoms with Crippen molar-refractivity contribution >= 4 is 29.7 Å². The van der Waals surface area contributed by atoms with Crippen LogP contribution in [0.25, 0.3) is 11.1 Å². The second-order valence-corrected chi connectivity index (χ2v) is 8.60. The van der Waals surface area contributed by atoms with Crippen LogP contribution in [0.5, 0.6) is 0 Å². The van der Waals surface area contributed by atoms with Crippen molar-refractivity contribution in [3.63, 3.8) is 0 Å². The number of carbonyl (C=O) groups excluding carboxylic acids is 2. The number of likely N-dealkylation sites (N-methyl/N-ethyl adjacent to an activating group) is 1. The number of hydrogen-bond donors (Lipinski definition) is 2. The van der Waals surface area contributed by atoms with E-state index in [1.807, 2.05) is 24.3 Å². The molecule has 170 valence electrons.